The molecule has 0 heterocycles. The standard InChI is InChI=1S/C17H23N3O/c1-16(2,3)13-9-7-12(8-10-13)15(21)20-17(19)11-5-4-6-14(17)18/h4-11,14H,18-19H2,1-3H3,(H,20,21). The second kappa shape index (κ2) is 5.47. The molecular weight excluding hydrogens is 262 g/mol. The lowest BCUT2D eigenvalue weighted by Crippen LogP contribution is -2.65. The number of hydrogen-bond acceptors (Lipinski definition) is 3. The van der Waals surface area contributed by atoms with E-state index in [1.165, 1.54) is 5.56 Å². The zero-order valence-electron chi connectivity index (χ0n) is 12.8. The van der Waals surface area contributed by atoms with Gasteiger partial charge in [0.2, 0.25) is 0 Å². The Hall–Kier alpha value is -1.91. The van der Waals surface area contributed by atoms with E-state index in [1.54, 1.807) is 18.2 Å². The summed E-state index contributed by atoms with van der Waals surface area (Å²) in [5, 5.41) is 2.80. The molecule has 0 aromatic heterocycles. The molecule has 0 fully saturated rings. The van der Waals surface area contributed by atoms with Gasteiger partial charge in [0.25, 0.3) is 5.91 Å². The van der Waals surface area contributed by atoms with Gasteiger partial charge in [-0.15, -0.1) is 0 Å². The smallest absolute Gasteiger partial charge is 0.253 e. The van der Waals surface area contributed by atoms with Crippen LogP contribution in [-0.2, 0) is 5.41 Å². The number of rotatable bonds is 2. The maximum Gasteiger partial charge on any atom is 0.253 e. The summed E-state index contributed by atoms with van der Waals surface area (Å²) in [6.07, 6.45) is 7.08. The van der Waals surface area contributed by atoms with Crippen LogP contribution < -0.4 is 16.8 Å². The van der Waals surface area contributed by atoms with Gasteiger partial charge in [0.15, 0.2) is 0 Å². The van der Waals surface area contributed by atoms with E-state index in [0.717, 1.165) is 0 Å². The van der Waals surface area contributed by atoms with Gasteiger partial charge in [0.1, 0.15) is 5.66 Å². The van der Waals surface area contributed by atoms with Crippen LogP contribution in [-0.4, -0.2) is 17.6 Å². The van der Waals surface area contributed by atoms with E-state index in [2.05, 4.69) is 26.1 Å². The van der Waals surface area contributed by atoms with E-state index in [0.29, 0.717) is 5.56 Å². The Morgan fingerprint density at radius 3 is 2.33 bits per heavy atom. The van der Waals surface area contributed by atoms with Crippen molar-refractivity contribution in [2.45, 2.75) is 37.9 Å². The van der Waals surface area contributed by atoms with Gasteiger partial charge in [-0.2, -0.15) is 0 Å². The number of hydrogen-bond donors (Lipinski definition) is 3. The molecule has 2 unspecified atom stereocenters. The van der Waals surface area contributed by atoms with Gasteiger partial charge in [0, 0.05) is 5.56 Å². The second-order valence-corrected chi connectivity index (χ2v) is 6.48. The molecule has 5 N–H and O–H groups in total. The van der Waals surface area contributed by atoms with Crippen LogP contribution in [0.1, 0.15) is 36.7 Å². The Morgan fingerprint density at radius 1 is 1.19 bits per heavy atom. The normalized spacial score (nSPS) is 24.9. The number of amides is 1. The maximum atomic E-state index is 12.3. The summed E-state index contributed by atoms with van der Waals surface area (Å²) in [4.78, 5) is 12.3. The minimum atomic E-state index is -1.05. The van der Waals surface area contributed by atoms with Gasteiger partial charge in [-0.3, -0.25) is 4.79 Å². The quantitative estimate of drug-likeness (QED) is 0.725. The Balaban J connectivity index is 2.14. The molecule has 0 spiro atoms. The maximum absolute atomic E-state index is 12.3. The van der Waals surface area contributed by atoms with Crippen molar-refractivity contribution in [3.8, 4) is 0 Å². The first kappa shape index (κ1) is 15.5. The minimum Gasteiger partial charge on any atom is -0.329 e. The summed E-state index contributed by atoms with van der Waals surface area (Å²) in [6, 6.07) is 7.12. The zero-order valence-corrected chi connectivity index (χ0v) is 12.8. The molecule has 0 radical (unpaired) electrons. The van der Waals surface area contributed by atoms with Crippen LogP contribution in [0.2, 0.25) is 0 Å². The molecule has 4 heteroatoms. The molecule has 112 valence electrons. The largest absolute Gasteiger partial charge is 0.329 e. The summed E-state index contributed by atoms with van der Waals surface area (Å²) in [6.45, 7) is 6.40. The van der Waals surface area contributed by atoms with E-state index in [1.807, 2.05) is 30.3 Å². The van der Waals surface area contributed by atoms with Crippen LogP contribution in [0.3, 0.4) is 0 Å². The zero-order chi connectivity index (χ0) is 15.7. The Morgan fingerprint density at radius 2 is 1.81 bits per heavy atom. The van der Waals surface area contributed by atoms with Crippen molar-refractivity contribution in [2.75, 3.05) is 0 Å². The first-order valence-corrected chi connectivity index (χ1v) is 7.06. The topological polar surface area (TPSA) is 81.1 Å². The minimum absolute atomic E-state index is 0.0589. The molecule has 1 aliphatic rings. The fourth-order valence-electron chi connectivity index (χ4n) is 2.18. The number of nitrogens with one attached hydrogen (secondary N) is 1. The number of nitrogens with two attached hydrogens (primary N) is 2. The van der Waals surface area contributed by atoms with Crippen LogP contribution in [0.25, 0.3) is 0 Å². The predicted octanol–water partition coefficient (Wildman–Crippen LogP) is 1.82. The van der Waals surface area contributed by atoms with Crippen molar-refractivity contribution >= 4 is 5.91 Å². The van der Waals surface area contributed by atoms with E-state index in [4.69, 9.17) is 11.5 Å². The highest BCUT2D eigenvalue weighted by molar-refractivity contribution is 5.95. The fraction of sp³-hybridized carbons (Fsp3) is 0.353. The van der Waals surface area contributed by atoms with E-state index in [9.17, 15) is 4.79 Å². The van der Waals surface area contributed by atoms with Gasteiger partial charge >= 0.3 is 0 Å². The van der Waals surface area contributed by atoms with Crippen molar-refractivity contribution in [2.24, 2.45) is 11.5 Å². The number of carbonyl (C=O) groups is 1. The molecule has 0 aliphatic heterocycles. The summed E-state index contributed by atoms with van der Waals surface area (Å²) in [5.74, 6) is -0.228. The molecule has 1 aromatic rings. The van der Waals surface area contributed by atoms with Crippen LogP contribution in [0.5, 0.6) is 0 Å². The third-order valence-corrected chi connectivity index (χ3v) is 3.70. The number of carbonyl (C=O) groups excluding carboxylic acids is 1. The highest BCUT2D eigenvalue weighted by Crippen LogP contribution is 2.22. The van der Waals surface area contributed by atoms with Crippen molar-refractivity contribution in [1.82, 2.24) is 5.32 Å². The van der Waals surface area contributed by atoms with Crippen molar-refractivity contribution < 1.29 is 4.79 Å². The molecule has 21 heavy (non-hydrogen) atoms. The Kier molecular flexibility index (Phi) is 4.03. The second-order valence-electron chi connectivity index (χ2n) is 6.48. The number of benzene rings is 1. The van der Waals surface area contributed by atoms with Gasteiger partial charge in [-0.25, -0.2) is 0 Å². The van der Waals surface area contributed by atoms with Gasteiger partial charge in [-0.05, 0) is 29.2 Å². The average Bonchev–Trinajstić information content (AvgIpc) is 2.41. The van der Waals surface area contributed by atoms with E-state index < -0.39 is 11.7 Å². The highest BCUT2D eigenvalue weighted by atomic mass is 16.1. The Labute approximate surface area is 125 Å². The van der Waals surface area contributed by atoms with Gasteiger partial charge < -0.3 is 16.8 Å². The van der Waals surface area contributed by atoms with E-state index >= 15 is 0 Å². The lowest BCUT2D eigenvalue weighted by atomic mass is 9.86. The third-order valence-electron chi connectivity index (χ3n) is 3.70. The predicted molar refractivity (Wildman–Crippen MR) is 85.8 cm³/mol. The highest BCUT2D eigenvalue weighted by Gasteiger charge is 2.31. The lowest BCUT2D eigenvalue weighted by Gasteiger charge is -2.33. The molecule has 0 saturated heterocycles. The molecule has 2 atom stereocenters. The first-order valence-electron chi connectivity index (χ1n) is 7.06. The van der Waals surface area contributed by atoms with Crippen LogP contribution in [0.15, 0.2) is 48.6 Å². The summed E-state index contributed by atoms with van der Waals surface area (Å²) in [5.41, 5.74) is 12.9. The molecule has 4 nitrogen and oxygen atoms in total. The molecule has 0 saturated carbocycles. The SMILES string of the molecule is CC(C)(C)c1ccc(C(=O)NC2(N)C=CC=CC2N)cc1. The summed E-state index contributed by atoms with van der Waals surface area (Å²) < 4.78 is 0. The molecule has 2 rings (SSSR count). The van der Waals surface area contributed by atoms with E-state index in [-0.39, 0.29) is 11.3 Å². The van der Waals surface area contributed by atoms with Crippen molar-refractivity contribution in [1.29, 1.82) is 0 Å². The van der Waals surface area contributed by atoms with Crippen LogP contribution in [0, 0.1) is 0 Å². The monoisotopic (exact) mass is 285 g/mol. The molecular formula is C17H23N3O. The number of allylic oxidation sites excluding steroid dienone is 2. The molecule has 1 aliphatic carbocycles. The third kappa shape index (κ3) is 3.40. The average molecular weight is 285 g/mol. The van der Waals surface area contributed by atoms with Crippen molar-refractivity contribution in [3.63, 3.8) is 0 Å². The van der Waals surface area contributed by atoms with Gasteiger partial charge in [0.05, 0.1) is 6.04 Å². The Bertz CT molecular complexity index is 581. The molecule has 1 aromatic carbocycles. The molecule has 0 bridgehead atoms. The van der Waals surface area contributed by atoms with Crippen molar-refractivity contribution in [3.05, 3.63) is 59.7 Å². The van der Waals surface area contributed by atoms with Crippen LogP contribution >= 0.6 is 0 Å². The molecule has 1 amide bonds. The lowest BCUT2D eigenvalue weighted by molar-refractivity contribution is 0.0913. The van der Waals surface area contributed by atoms with Gasteiger partial charge in [-0.1, -0.05) is 51.1 Å². The summed E-state index contributed by atoms with van der Waals surface area (Å²) >= 11 is 0. The fourth-order valence-corrected chi connectivity index (χ4v) is 2.18. The summed E-state index contributed by atoms with van der Waals surface area (Å²) in [7, 11) is 0. The van der Waals surface area contributed by atoms with Crippen LogP contribution in [0.4, 0.5) is 0 Å². The first-order chi connectivity index (χ1) is 9.72.